The van der Waals surface area contributed by atoms with Gasteiger partial charge in [-0.15, -0.1) is 11.3 Å². The van der Waals surface area contributed by atoms with Crippen LogP contribution in [0.1, 0.15) is 29.1 Å². The van der Waals surface area contributed by atoms with E-state index >= 15 is 0 Å². The summed E-state index contributed by atoms with van der Waals surface area (Å²) in [5, 5.41) is 1.96. The summed E-state index contributed by atoms with van der Waals surface area (Å²) in [6, 6.07) is 5.33. The molecule has 0 fully saturated rings. The number of nitrogens with zero attached hydrogens (tertiary/aromatic N) is 2. The minimum absolute atomic E-state index is 0.00200. The van der Waals surface area contributed by atoms with Gasteiger partial charge in [0.25, 0.3) is 5.91 Å². The maximum Gasteiger partial charge on any atom is 0.257 e. The molecule has 0 aliphatic carbocycles. The third-order valence-corrected chi connectivity index (χ3v) is 3.65. The zero-order valence-corrected chi connectivity index (χ0v) is 11.7. The molecule has 0 unspecified atom stereocenters. The van der Waals surface area contributed by atoms with Gasteiger partial charge in [0.1, 0.15) is 0 Å². The molecule has 0 saturated carbocycles. The molecule has 0 atom stereocenters. The number of hydrogen-bond donors (Lipinski definition) is 0. The van der Waals surface area contributed by atoms with Crippen molar-refractivity contribution in [3.8, 4) is 0 Å². The second-order valence-corrected chi connectivity index (χ2v) is 5.49. The van der Waals surface area contributed by atoms with Crippen molar-refractivity contribution >= 4 is 17.2 Å². The van der Waals surface area contributed by atoms with Crippen LogP contribution in [0.25, 0.3) is 0 Å². The van der Waals surface area contributed by atoms with E-state index in [4.69, 9.17) is 0 Å². The zero-order chi connectivity index (χ0) is 13.8. The number of thiophene rings is 1. The highest BCUT2D eigenvalue weighted by Gasteiger charge is 2.22. The Morgan fingerprint density at radius 2 is 2.26 bits per heavy atom. The van der Waals surface area contributed by atoms with Gasteiger partial charge in [-0.1, -0.05) is 6.07 Å². The van der Waals surface area contributed by atoms with Crippen molar-refractivity contribution in [3.05, 3.63) is 52.2 Å². The van der Waals surface area contributed by atoms with Gasteiger partial charge in [0, 0.05) is 17.1 Å². The first kappa shape index (κ1) is 13.7. The number of amides is 1. The summed E-state index contributed by atoms with van der Waals surface area (Å²) in [6.07, 6.45) is 2.50. The molecule has 19 heavy (non-hydrogen) atoms. The standard InChI is InChI=1S/C14H15FN2OS/c1-10(2)17(9-11-4-3-7-19-11)14(18)12-5-6-16-8-13(12)15/h3-8,10H,9H2,1-2H3. The third-order valence-electron chi connectivity index (χ3n) is 2.79. The summed E-state index contributed by atoms with van der Waals surface area (Å²) < 4.78 is 13.6. The molecule has 0 bridgehead atoms. The lowest BCUT2D eigenvalue weighted by Gasteiger charge is -2.26. The lowest BCUT2D eigenvalue weighted by atomic mass is 10.2. The number of halogens is 1. The van der Waals surface area contributed by atoms with E-state index in [0.717, 1.165) is 11.1 Å². The van der Waals surface area contributed by atoms with Crippen LogP contribution in [-0.4, -0.2) is 21.8 Å². The maximum absolute atomic E-state index is 13.6. The van der Waals surface area contributed by atoms with E-state index in [2.05, 4.69) is 4.98 Å². The lowest BCUT2D eigenvalue weighted by Crippen LogP contribution is -2.36. The molecule has 3 nitrogen and oxygen atoms in total. The molecule has 0 spiro atoms. The van der Waals surface area contributed by atoms with Gasteiger partial charge in [0.15, 0.2) is 5.82 Å². The third kappa shape index (κ3) is 3.17. The van der Waals surface area contributed by atoms with E-state index in [0.29, 0.717) is 6.54 Å². The van der Waals surface area contributed by atoms with E-state index in [1.165, 1.54) is 12.3 Å². The van der Waals surface area contributed by atoms with Gasteiger partial charge in [-0.05, 0) is 31.4 Å². The highest BCUT2D eigenvalue weighted by molar-refractivity contribution is 7.09. The van der Waals surface area contributed by atoms with Crippen LogP contribution in [0, 0.1) is 5.82 Å². The lowest BCUT2D eigenvalue weighted by molar-refractivity contribution is 0.0687. The van der Waals surface area contributed by atoms with Crippen LogP contribution in [0.4, 0.5) is 4.39 Å². The Morgan fingerprint density at radius 1 is 1.47 bits per heavy atom. The van der Waals surface area contributed by atoms with Crippen LogP contribution in [-0.2, 0) is 6.54 Å². The Kier molecular flexibility index (Phi) is 4.27. The van der Waals surface area contributed by atoms with Gasteiger partial charge in [-0.25, -0.2) is 4.39 Å². The summed E-state index contributed by atoms with van der Waals surface area (Å²) in [5.41, 5.74) is 0.0697. The van der Waals surface area contributed by atoms with Crippen LogP contribution in [0.5, 0.6) is 0 Å². The fraction of sp³-hybridized carbons (Fsp3) is 0.286. The average Bonchev–Trinajstić information content (AvgIpc) is 2.88. The number of carbonyl (C=O) groups is 1. The molecular weight excluding hydrogens is 263 g/mol. The number of pyridine rings is 1. The first-order valence-electron chi connectivity index (χ1n) is 6.02. The Balaban J connectivity index is 2.24. The highest BCUT2D eigenvalue weighted by atomic mass is 32.1. The fourth-order valence-corrected chi connectivity index (χ4v) is 2.47. The summed E-state index contributed by atoms with van der Waals surface area (Å²) in [7, 11) is 0. The van der Waals surface area contributed by atoms with Crippen LogP contribution in [0.3, 0.4) is 0 Å². The van der Waals surface area contributed by atoms with Crippen LogP contribution in [0.15, 0.2) is 36.0 Å². The minimum atomic E-state index is -0.579. The Morgan fingerprint density at radius 3 is 2.84 bits per heavy atom. The second kappa shape index (κ2) is 5.93. The summed E-state index contributed by atoms with van der Waals surface area (Å²) in [5.74, 6) is -0.882. The van der Waals surface area contributed by atoms with E-state index in [1.807, 2.05) is 31.4 Å². The predicted molar refractivity (Wildman–Crippen MR) is 73.5 cm³/mol. The van der Waals surface area contributed by atoms with Crippen molar-refractivity contribution < 1.29 is 9.18 Å². The van der Waals surface area contributed by atoms with Crippen molar-refractivity contribution in [1.29, 1.82) is 0 Å². The average molecular weight is 278 g/mol. The molecule has 0 saturated heterocycles. The first-order chi connectivity index (χ1) is 9.09. The molecule has 100 valence electrons. The summed E-state index contributed by atoms with van der Waals surface area (Å²) >= 11 is 1.59. The van der Waals surface area contributed by atoms with E-state index in [1.54, 1.807) is 16.2 Å². The van der Waals surface area contributed by atoms with Crippen molar-refractivity contribution in [3.63, 3.8) is 0 Å². The number of carbonyl (C=O) groups excluding carboxylic acids is 1. The Labute approximate surface area is 115 Å². The molecule has 1 amide bonds. The Hall–Kier alpha value is -1.75. The zero-order valence-electron chi connectivity index (χ0n) is 10.8. The molecule has 0 N–H and O–H groups in total. The molecule has 2 aromatic rings. The molecule has 0 aromatic carbocycles. The summed E-state index contributed by atoms with van der Waals surface area (Å²) in [6.45, 7) is 4.34. The number of aromatic nitrogens is 1. The number of hydrogen-bond acceptors (Lipinski definition) is 3. The van der Waals surface area contributed by atoms with Crippen LogP contribution < -0.4 is 0 Å². The van der Waals surface area contributed by atoms with Crippen molar-refractivity contribution in [2.75, 3.05) is 0 Å². The van der Waals surface area contributed by atoms with Gasteiger partial charge in [-0.2, -0.15) is 0 Å². The molecule has 0 aliphatic heterocycles. The van der Waals surface area contributed by atoms with E-state index in [-0.39, 0.29) is 17.5 Å². The van der Waals surface area contributed by atoms with Crippen molar-refractivity contribution in [1.82, 2.24) is 9.88 Å². The van der Waals surface area contributed by atoms with Gasteiger partial charge >= 0.3 is 0 Å². The largest absolute Gasteiger partial charge is 0.331 e. The van der Waals surface area contributed by atoms with Gasteiger partial charge < -0.3 is 4.90 Å². The molecular formula is C14H15FN2OS. The van der Waals surface area contributed by atoms with E-state index < -0.39 is 5.82 Å². The molecule has 2 heterocycles. The molecule has 2 rings (SSSR count). The maximum atomic E-state index is 13.6. The quantitative estimate of drug-likeness (QED) is 0.859. The highest BCUT2D eigenvalue weighted by Crippen LogP contribution is 2.17. The first-order valence-corrected chi connectivity index (χ1v) is 6.90. The molecule has 5 heteroatoms. The molecule has 0 radical (unpaired) electrons. The minimum Gasteiger partial charge on any atom is -0.331 e. The number of rotatable bonds is 4. The van der Waals surface area contributed by atoms with Crippen LogP contribution in [0.2, 0.25) is 0 Å². The fourth-order valence-electron chi connectivity index (χ4n) is 1.76. The monoisotopic (exact) mass is 278 g/mol. The van der Waals surface area contributed by atoms with Crippen molar-refractivity contribution in [2.24, 2.45) is 0 Å². The topological polar surface area (TPSA) is 33.2 Å². The van der Waals surface area contributed by atoms with Gasteiger partial charge in [-0.3, -0.25) is 9.78 Å². The smallest absolute Gasteiger partial charge is 0.257 e. The molecule has 0 aliphatic rings. The predicted octanol–water partition coefficient (Wildman–Crippen LogP) is 3.33. The Bertz CT molecular complexity index is 554. The second-order valence-electron chi connectivity index (χ2n) is 4.46. The molecule has 2 aromatic heterocycles. The van der Waals surface area contributed by atoms with Crippen molar-refractivity contribution in [2.45, 2.75) is 26.4 Å². The SMILES string of the molecule is CC(C)N(Cc1cccs1)C(=O)c1ccncc1F. The normalized spacial score (nSPS) is 10.7. The van der Waals surface area contributed by atoms with Crippen LogP contribution >= 0.6 is 11.3 Å². The van der Waals surface area contributed by atoms with Gasteiger partial charge in [0.05, 0.1) is 18.3 Å². The van der Waals surface area contributed by atoms with E-state index in [9.17, 15) is 9.18 Å². The van der Waals surface area contributed by atoms with Gasteiger partial charge in [0.2, 0.25) is 0 Å². The summed E-state index contributed by atoms with van der Waals surface area (Å²) in [4.78, 5) is 18.8.